The second-order valence-electron chi connectivity index (χ2n) is 5.39. The maximum absolute atomic E-state index is 5.69. The molecule has 0 spiro atoms. The molecule has 1 aliphatic rings. The average molecular weight is 204 g/mol. The Balaban J connectivity index is 2.49. The molecule has 0 saturated heterocycles. The summed E-state index contributed by atoms with van der Waals surface area (Å²) in [6, 6.07) is 6.63. The van der Waals surface area contributed by atoms with Crippen LogP contribution in [0.15, 0.2) is 18.2 Å². The Morgan fingerprint density at radius 1 is 1.27 bits per heavy atom. The van der Waals surface area contributed by atoms with Crippen molar-refractivity contribution in [1.29, 1.82) is 0 Å². The van der Waals surface area contributed by atoms with Crippen LogP contribution in [0.3, 0.4) is 0 Å². The van der Waals surface area contributed by atoms with Gasteiger partial charge in [-0.2, -0.15) is 0 Å². The van der Waals surface area contributed by atoms with E-state index < -0.39 is 0 Å². The summed E-state index contributed by atoms with van der Waals surface area (Å²) in [5.74, 6) is 1.67. The molecule has 82 valence electrons. The van der Waals surface area contributed by atoms with Gasteiger partial charge in [-0.1, -0.05) is 39.8 Å². The third kappa shape index (κ3) is 1.88. The second kappa shape index (κ2) is 3.55. The molecule has 0 saturated carbocycles. The molecule has 2 rings (SSSR count). The SMILES string of the molecule is CC(C)c1ccc2c(c1)C(C)(C)CCO2. The highest BCUT2D eigenvalue weighted by Crippen LogP contribution is 2.39. The molecular weight excluding hydrogens is 184 g/mol. The molecule has 0 radical (unpaired) electrons. The molecule has 0 atom stereocenters. The van der Waals surface area contributed by atoms with Gasteiger partial charge in [0.15, 0.2) is 0 Å². The predicted molar refractivity (Wildman–Crippen MR) is 63.7 cm³/mol. The van der Waals surface area contributed by atoms with Gasteiger partial charge in [-0.15, -0.1) is 0 Å². The second-order valence-corrected chi connectivity index (χ2v) is 5.39. The number of hydrogen-bond donors (Lipinski definition) is 0. The lowest BCUT2D eigenvalue weighted by Crippen LogP contribution is -2.26. The Labute approximate surface area is 92.5 Å². The quantitative estimate of drug-likeness (QED) is 0.674. The first-order valence-electron chi connectivity index (χ1n) is 5.78. The molecule has 1 nitrogen and oxygen atoms in total. The molecular formula is C14H20O. The van der Waals surface area contributed by atoms with E-state index in [1.54, 1.807) is 0 Å². The molecule has 1 aromatic rings. The molecule has 1 heterocycles. The number of hydrogen-bond acceptors (Lipinski definition) is 1. The molecule has 0 aliphatic carbocycles. The van der Waals surface area contributed by atoms with Crippen LogP contribution >= 0.6 is 0 Å². The van der Waals surface area contributed by atoms with Crippen LogP contribution in [0.2, 0.25) is 0 Å². The molecule has 1 aromatic carbocycles. The van der Waals surface area contributed by atoms with Crippen LogP contribution in [-0.4, -0.2) is 6.61 Å². The first kappa shape index (κ1) is 10.5. The number of benzene rings is 1. The average Bonchev–Trinajstić information content (AvgIpc) is 2.17. The standard InChI is InChI=1S/C14H20O/c1-10(2)11-5-6-13-12(9-11)14(3,4)7-8-15-13/h5-6,9-10H,7-8H2,1-4H3. The normalized spacial score (nSPS) is 18.5. The Bertz CT molecular complexity index is 364. The summed E-state index contributed by atoms with van der Waals surface area (Å²) >= 11 is 0. The molecule has 15 heavy (non-hydrogen) atoms. The van der Waals surface area contributed by atoms with E-state index in [2.05, 4.69) is 45.9 Å². The minimum atomic E-state index is 0.262. The summed E-state index contributed by atoms with van der Waals surface area (Å²) in [5.41, 5.74) is 3.05. The summed E-state index contributed by atoms with van der Waals surface area (Å²) in [6.07, 6.45) is 1.11. The third-order valence-corrected chi connectivity index (χ3v) is 3.38. The van der Waals surface area contributed by atoms with Gasteiger partial charge in [0.2, 0.25) is 0 Å². The maximum atomic E-state index is 5.69. The van der Waals surface area contributed by atoms with Crippen molar-refractivity contribution in [1.82, 2.24) is 0 Å². The van der Waals surface area contributed by atoms with E-state index in [4.69, 9.17) is 4.74 Å². The minimum absolute atomic E-state index is 0.262. The van der Waals surface area contributed by atoms with E-state index >= 15 is 0 Å². The van der Waals surface area contributed by atoms with Crippen molar-refractivity contribution in [2.45, 2.75) is 45.4 Å². The molecule has 0 fully saturated rings. The Kier molecular flexibility index (Phi) is 2.49. The summed E-state index contributed by atoms with van der Waals surface area (Å²) in [7, 11) is 0. The highest BCUT2D eigenvalue weighted by Gasteiger charge is 2.28. The van der Waals surface area contributed by atoms with Crippen molar-refractivity contribution >= 4 is 0 Å². The topological polar surface area (TPSA) is 9.23 Å². The van der Waals surface area contributed by atoms with E-state index in [0.717, 1.165) is 18.8 Å². The Morgan fingerprint density at radius 3 is 2.67 bits per heavy atom. The van der Waals surface area contributed by atoms with Crippen molar-refractivity contribution < 1.29 is 4.74 Å². The molecule has 1 aliphatic heterocycles. The lowest BCUT2D eigenvalue weighted by molar-refractivity contribution is 0.234. The molecule has 0 unspecified atom stereocenters. The number of rotatable bonds is 1. The van der Waals surface area contributed by atoms with E-state index in [1.165, 1.54) is 11.1 Å². The fourth-order valence-corrected chi connectivity index (χ4v) is 2.11. The van der Waals surface area contributed by atoms with Gasteiger partial charge in [-0.25, -0.2) is 0 Å². The van der Waals surface area contributed by atoms with Crippen LogP contribution in [0.5, 0.6) is 5.75 Å². The van der Waals surface area contributed by atoms with Crippen molar-refractivity contribution in [3.05, 3.63) is 29.3 Å². The van der Waals surface area contributed by atoms with E-state index in [1.807, 2.05) is 0 Å². The molecule has 0 N–H and O–H groups in total. The van der Waals surface area contributed by atoms with Crippen LogP contribution in [0, 0.1) is 0 Å². The fourth-order valence-electron chi connectivity index (χ4n) is 2.11. The van der Waals surface area contributed by atoms with Gasteiger partial charge in [0, 0.05) is 5.56 Å². The van der Waals surface area contributed by atoms with Crippen molar-refractivity contribution in [2.24, 2.45) is 0 Å². The van der Waals surface area contributed by atoms with Gasteiger partial charge in [0.1, 0.15) is 5.75 Å². The van der Waals surface area contributed by atoms with E-state index in [0.29, 0.717) is 5.92 Å². The zero-order chi connectivity index (χ0) is 11.1. The maximum Gasteiger partial charge on any atom is 0.123 e. The van der Waals surface area contributed by atoms with Crippen molar-refractivity contribution in [3.63, 3.8) is 0 Å². The number of ether oxygens (including phenoxy) is 1. The summed E-state index contributed by atoms with van der Waals surface area (Å²) in [5, 5.41) is 0. The van der Waals surface area contributed by atoms with Crippen LogP contribution in [0.25, 0.3) is 0 Å². The monoisotopic (exact) mass is 204 g/mol. The van der Waals surface area contributed by atoms with Crippen molar-refractivity contribution in [3.8, 4) is 5.75 Å². The largest absolute Gasteiger partial charge is 0.493 e. The van der Waals surface area contributed by atoms with Gasteiger partial charge in [-0.3, -0.25) is 0 Å². The minimum Gasteiger partial charge on any atom is -0.493 e. The molecule has 0 amide bonds. The predicted octanol–water partition coefficient (Wildman–Crippen LogP) is 3.87. The van der Waals surface area contributed by atoms with Crippen LogP contribution in [0.4, 0.5) is 0 Å². The zero-order valence-corrected chi connectivity index (χ0v) is 10.1. The first-order valence-corrected chi connectivity index (χ1v) is 5.78. The third-order valence-electron chi connectivity index (χ3n) is 3.38. The van der Waals surface area contributed by atoms with E-state index in [9.17, 15) is 0 Å². The zero-order valence-electron chi connectivity index (χ0n) is 10.1. The van der Waals surface area contributed by atoms with Crippen LogP contribution in [0.1, 0.15) is 51.2 Å². The van der Waals surface area contributed by atoms with Crippen LogP contribution < -0.4 is 4.74 Å². The van der Waals surface area contributed by atoms with Gasteiger partial charge >= 0.3 is 0 Å². The highest BCUT2D eigenvalue weighted by molar-refractivity contribution is 5.44. The van der Waals surface area contributed by atoms with Gasteiger partial charge in [-0.05, 0) is 29.4 Å². The van der Waals surface area contributed by atoms with Gasteiger partial charge < -0.3 is 4.74 Å². The van der Waals surface area contributed by atoms with Crippen LogP contribution in [-0.2, 0) is 5.41 Å². The van der Waals surface area contributed by atoms with E-state index in [-0.39, 0.29) is 5.41 Å². The first-order chi connectivity index (χ1) is 7.00. The smallest absolute Gasteiger partial charge is 0.123 e. The molecule has 0 aromatic heterocycles. The Hall–Kier alpha value is -0.980. The lowest BCUT2D eigenvalue weighted by atomic mass is 9.78. The van der Waals surface area contributed by atoms with Gasteiger partial charge in [0.25, 0.3) is 0 Å². The molecule has 0 bridgehead atoms. The summed E-state index contributed by atoms with van der Waals surface area (Å²) < 4.78 is 5.69. The molecule has 1 heteroatoms. The Morgan fingerprint density at radius 2 is 2.00 bits per heavy atom. The highest BCUT2D eigenvalue weighted by atomic mass is 16.5. The summed E-state index contributed by atoms with van der Waals surface area (Å²) in [4.78, 5) is 0. The lowest BCUT2D eigenvalue weighted by Gasteiger charge is -2.33. The fraction of sp³-hybridized carbons (Fsp3) is 0.571. The summed E-state index contributed by atoms with van der Waals surface area (Å²) in [6.45, 7) is 9.93. The van der Waals surface area contributed by atoms with Crippen molar-refractivity contribution in [2.75, 3.05) is 6.61 Å². The van der Waals surface area contributed by atoms with Gasteiger partial charge in [0.05, 0.1) is 6.61 Å². The number of fused-ring (bicyclic) bond motifs is 1.